The van der Waals surface area contributed by atoms with E-state index < -0.39 is 0 Å². The van der Waals surface area contributed by atoms with Gasteiger partial charge in [-0.25, -0.2) is 13.5 Å². The molecule has 0 unspecified atom stereocenters. The molecule has 7 aliphatic heterocycles. The normalized spacial score (nSPS) is 18.2. The highest BCUT2D eigenvalue weighted by molar-refractivity contribution is 9.10. The second-order valence-corrected chi connectivity index (χ2v) is 34.0. The highest BCUT2D eigenvalue weighted by Gasteiger charge is 2.41. The molecule has 4 N–H and O–H groups in total. The van der Waals surface area contributed by atoms with Crippen molar-refractivity contribution in [3.63, 3.8) is 0 Å². The molecule has 6 aromatic heterocycles. The monoisotopic (exact) mass is 1680 g/mol. The molecule has 9 aromatic rings. The minimum Gasteiger partial charge on any atom is -0.466 e. The lowest BCUT2D eigenvalue weighted by Gasteiger charge is -2.47. The quantitative estimate of drug-likeness (QED) is 0.0547. The number of ether oxygens (including phenoxy) is 2. The highest BCUT2D eigenvalue weighted by atomic mass is 79.9. The number of nitrogens with one attached hydrogen (secondary N) is 4. The van der Waals surface area contributed by atoms with E-state index in [0.717, 1.165) is 219 Å². The van der Waals surface area contributed by atoms with E-state index >= 15 is 0 Å². The lowest BCUT2D eigenvalue weighted by molar-refractivity contribution is -0.149. The summed E-state index contributed by atoms with van der Waals surface area (Å²) in [6.45, 7) is 22.0. The number of esters is 2. The van der Waals surface area contributed by atoms with Crippen molar-refractivity contribution in [1.29, 1.82) is 0 Å². The molecule has 0 aliphatic carbocycles. The molecule has 0 bridgehead atoms. The summed E-state index contributed by atoms with van der Waals surface area (Å²) >= 11 is 3.47. The number of likely N-dealkylation sites (tertiary alicyclic amines) is 4. The molecular weight excluding hydrogens is 1560 g/mol. The van der Waals surface area contributed by atoms with Crippen LogP contribution >= 0.6 is 15.9 Å². The van der Waals surface area contributed by atoms with Gasteiger partial charge in [0.25, 0.3) is 17.7 Å². The van der Waals surface area contributed by atoms with Crippen LogP contribution in [0.25, 0.3) is 16.9 Å². The number of rotatable bonds is 19. The van der Waals surface area contributed by atoms with Crippen molar-refractivity contribution in [2.75, 3.05) is 173 Å². The van der Waals surface area contributed by atoms with Gasteiger partial charge in [0.2, 0.25) is 23.8 Å². The van der Waals surface area contributed by atoms with E-state index in [9.17, 15) is 28.8 Å². The molecule has 0 radical (unpaired) electrons. The molecule has 7 aliphatic rings. The van der Waals surface area contributed by atoms with E-state index in [1.54, 1.807) is 13.5 Å². The Morgan fingerprint density at radius 2 is 0.763 bits per heavy atom. The minimum absolute atomic E-state index is 0.0194. The van der Waals surface area contributed by atoms with Gasteiger partial charge in [-0.15, -0.1) is 15.3 Å². The molecule has 30 nitrogen and oxygen atoms in total. The number of carbonyl (C=O) groups is 6. The molecule has 0 saturated carbocycles. The first kappa shape index (κ1) is 85.5. The van der Waals surface area contributed by atoms with Gasteiger partial charge in [-0.05, 0) is 295 Å². The first-order valence-corrected chi connectivity index (χ1v) is 42.8. The van der Waals surface area contributed by atoms with E-state index in [1.807, 2.05) is 176 Å². The summed E-state index contributed by atoms with van der Waals surface area (Å²) in [6.07, 6.45) is 16.8. The fraction of sp³-hybridized carbons (Fsp3) is 0.517. The topological polar surface area (TPSA) is 289 Å². The van der Waals surface area contributed by atoms with Crippen LogP contribution in [0.5, 0.6) is 0 Å². The Kier molecular flexibility index (Phi) is 28.6. The van der Waals surface area contributed by atoms with E-state index in [4.69, 9.17) is 19.4 Å². The van der Waals surface area contributed by atoms with Crippen molar-refractivity contribution >= 4 is 115 Å². The van der Waals surface area contributed by atoms with Gasteiger partial charge in [0.15, 0.2) is 16.9 Å². The lowest BCUT2D eigenvalue weighted by atomic mass is 9.82. The molecule has 0 spiro atoms. The second-order valence-electron chi connectivity index (χ2n) is 33.1. The van der Waals surface area contributed by atoms with Crippen LogP contribution < -0.4 is 31.1 Å². The van der Waals surface area contributed by atoms with Gasteiger partial charge >= 0.3 is 11.9 Å². The van der Waals surface area contributed by atoms with E-state index in [2.05, 4.69) is 123 Å². The Morgan fingerprint density at radius 1 is 0.441 bits per heavy atom. The lowest BCUT2D eigenvalue weighted by Crippen LogP contribution is -2.57. The number of hydrogen-bond donors (Lipinski definition) is 4. The summed E-state index contributed by atoms with van der Waals surface area (Å²) in [5.41, 5.74) is 9.11. The summed E-state index contributed by atoms with van der Waals surface area (Å²) in [4.78, 5) is 108. The van der Waals surface area contributed by atoms with E-state index in [1.165, 1.54) is 0 Å². The molecule has 7 fully saturated rings. The molecule has 7 saturated heterocycles. The van der Waals surface area contributed by atoms with E-state index in [-0.39, 0.29) is 64.9 Å². The van der Waals surface area contributed by atoms with Crippen LogP contribution in [0.4, 0.5) is 46.3 Å². The number of carbonyl (C=O) groups excluding carboxylic acids is 6. The van der Waals surface area contributed by atoms with Gasteiger partial charge < -0.3 is 74.8 Å². The average molecular weight is 1680 g/mol. The third-order valence-electron chi connectivity index (χ3n) is 24.0. The molecule has 31 heteroatoms. The summed E-state index contributed by atoms with van der Waals surface area (Å²) in [6, 6.07) is 35.3. The predicted octanol–water partition coefficient (Wildman–Crippen LogP) is 11.1. The Hall–Kier alpha value is -10.3. The van der Waals surface area contributed by atoms with Crippen molar-refractivity contribution in [2.24, 2.45) is 23.2 Å². The van der Waals surface area contributed by atoms with Crippen LogP contribution in [0.2, 0.25) is 0 Å². The summed E-state index contributed by atoms with van der Waals surface area (Å²) in [5.74, 6) is 2.09. The zero-order valence-corrected chi connectivity index (χ0v) is 71.7. The number of pyridine rings is 3. The van der Waals surface area contributed by atoms with Crippen LogP contribution in [-0.2, 0) is 23.9 Å². The van der Waals surface area contributed by atoms with Crippen LogP contribution in [0, 0.1) is 23.2 Å². The molecule has 13 heterocycles. The van der Waals surface area contributed by atoms with Crippen molar-refractivity contribution in [3.8, 4) is 0 Å². The van der Waals surface area contributed by atoms with Crippen LogP contribution in [0.3, 0.4) is 0 Å². The fourth-order valence-corrected chi connectivity index (χ4v) is 17.2. The average Bonchev–Trinajstić information content (AvgIpc) is 1.47. The number of nitrogens with zero attached hydrogens (tertiary/aromatic N) is 18. The third kappa shape index (κ3) is 21.6. The number of anilines is 8. The Morgan fingerprint density at radius 3 is 1.10 bits per heavy atom. The van der Waals surface area contributed by atoms with Crippen molar-refractivity contribution in [1.82, 2.24) is 83.4 Å². The number of piperidine rings is 6. The van der Waals surface area contributed by atoms with Crippen molar-refractivity contribution in [3.05, 3.63) is 149 Å². The molecule has 16 rings (SSSR count). The summed E-state index contributed by atoms with van der Waals surface area (Å²) < 4.78 is 16.3. The van der Waals surface area contributed by atoms with Crippen LogP contribution in [0.1, 0.15) is 136 Å². The highest BCUT2D eigenvalue weighted by Crippen LogP contribution is 2.35. The molecule has 118 heavy (non-hydrogen) atoms. The largest absolute Gasteiger partial charge is 0.466 e. The maximum Gasteiger partial charge on any atom is 0.309 e. The van der Waals surface area contributed by atoms with Crippen molar-refractivity contribution < 1.29 is 38.2 Å². The number of amides is 4. The number of aromatic nitrogens is 9. The molecule has 0 atom stereocenters. The van der Waals surface area contributed by atoms with Crippen LogP contribution in [0.15, 0.2) is 132 Å². The van der Waals surface area contributed by atoms with Crippen molar-refractivity contribution in [2.45, 2.75) is 123 Å². The molecular formula is C87H117BrN22O8. The molecule has 3 aromatic carbocycles. The number of halogens is 1. The minimum atomic E-state index is -0.0968. The SMILES string of the molecule is CCOC(=O)C1CCN(c2cccn3nc(Nc4ccc(C(=O)N(C)C5CCN(C)CC5)cc4)nc23)CC1.CCOC(=O)C1CCNCC1.CN1CCC(N(C)C(=O)c2ccc(Nc3nc4c(Br)cccn4n3)cc2)CC1.CN1CCC(N(C)C(=O)c2ccc(Nc3nc4c(N5CCC(C(=O)N6CC(C)(C)C6)CC5)cccn4n3)cc2)CC1. The van der Waals surface area contributed by atoms with Gasteiger partial charge in [0, 0.05) is 137 Å². The standard InChI is InChI=1S/C31H42N8O2.C28H37N7O3.C20H23BrN6O.C8H15NO2/c1-31(2)20-38(21-31)29(41)23-11-18-37(19-12-23)26-6-5-15-39-27(26)33-30(34-39)32-24-9-7-22(8-10-24)28(40)36(4)25-13-16-35(3)17-14-25;1-4-38-27(37)21-11-18-34(19-12-21)24-6-5-15-35-25(24)30-28(31-35)29-22-9-7-20(8-10-22)26(36)33(3)23-13-16-32(2)17-14-23;1-25-12-9-16(10-13-25)26(2)19(28)14-5-7-15(8-6-14)22-20-23-18-17(21)4-3-11-27(18)24-20;1-2-11-8(10)7-3-5-9-6-4-7/h5-10,15,23,25H,11-14,16-21H2,1-4H3,(H,32,34);5-10,15,21,23H,4,11-14,16-19H2,1-3H3,(H,29,31);3-8,11,16H,9-10,12-13H2,1-2H3,(H,22,24);7,9H,2-6H2,1H3. The zero-order valence-electron chi connectivity index (χ0n) is 70.1. The Bertz CT molecular complexity index is 4850. The predicted molar refractivity (Wildman–Crippen MR) is 463 cm³/mol. The number of hydrogen-bond acceptors (Lipinski definition) is 23. The smallest absolute Gasteiger partial charge is 0.309 e. The molecule has 630 valence electrons. The first-order valence-electron chi connectivity index (χ1n) is 42.0. The van der Waals surface area contributed by atoms with Gasteiger partial charge in [0.1, 0.15) is 0 Å². The van der Waals surface area contributed by atoms with Gasteiger partial charge in [-0.3, -0.25) is 28.8 Å². The van der Waals surface area contributed by atoms with Crippen LogP contribution in [-0.4, -0.2) is 279 Å². The zero-order chi connectivity index (χ0) is 83.2. The summed E-state index contributed by atoms with van der Waals surface area (Å²) in [5, 5.41) is 26.6. The van der Waals surface area contributed by atoms with Gasteiger partial charge in [-0.2, -0.15) is 15.0 Å². The first-order chi connectivity index (χ1) is 56.9. The Labute approximate surface area is 700 Å². The second kappa shape index (κ2) is 39.5. The fourth-order valence-electron chi connectivity index (χ4n) is 16.7. The maximum absolute atomic E-state index is 13.1. The maximum atomic E-state index is 13.1. The number of fused-ring (bicyclic) bond motifs is 3. The van der Waals surface area contributed by atoms with Gasteiger partial charge in [-0.1, -0.05) is 13.8 Å². The van der Waals surface area contributed by atoms with Gasteiger partial charge in [0.05, 0.1) is 40.9 Å². The summed E-state index contributed by atoms with van der Waals surface area (Å²) in [7, 11) is 12.1. The van der Waals surface area contributed by atoms with E-state index in [0.29, 0.717) is 59.7 Å². The third-order valence-corrected chi connectivity index (χ3v) is 24.6. The number of benzene rings is 3. The Balaban J connectivity index is 0.000000146. The molecule has 4 amide bonds.